The number of hydrogen-bond donors (Lipinski definition) is 1. The zero-order valence-corrected chi connectivity index (χ0v) is 18.4. The minimum absolute atomic E-state index is 0.0676. The summed E-state index contributed by atoms with van der Waals surface area (Å²) in [7, 11) is 0. The Labute approximate surface area is 175 Å². The van der Waals surface area contributed by atoms with Crippen LogP contribution in [-0.2, 0) is 16.1 Å². The van der Waals surface area contributed by atoms with Gasteiger partial charge in [0.2, 0.25) is 5.91 Å². The molecule has 0 saturated heterocycles. The van der Waals surface area contributed by atoms with Crippen LogP contribution < -0.4 is 10.9 Å². The predicted octanol–water partition coefficient (Wildman–Crippen LogP) is 3.87. The summed E-state index contributed by atoms with van der Waals surface area (Å²) in [5, 5.41) is 4.07. The molecule has 0 fully saturated rings. The molecule has 0 spiro atoms. The van der Waals surface area contributed by atoms with Crippen molar-refractivity contribution in [2.24, 2.45) is 0 Å². The maximum atomic E-state index is 13.0. The predicted molar refractivity (Wildman–Crippen MR) is 115 cm³/mol. The Hall–Kier alpha value is -1.57. The van der Waals surface area contributed by atoms with Crippen molar-refractivity contribution in [3.05, 3.63) is 33.6 Å². The molecule has 0 aliphatic rings. The smallest absolute Gasteiger partial charge is 0.262 e. The number of halogens is 1. The largest absolute Gasteiger partial charge is 0.379 e. The van der Waals surface area contributed by atoms with Gasteiger partial charge in [-0.1, -0.05) is 30.3 Å². The van der Waals surface area contributed by atoms with E-state index in [-0.39, 0.29) is 22.8 Å². The molecule has 28 heavy (non-hydrogen) atoms. The van der Waals surface area contributed by atoms with Gasteiger partial charge in [0, 0.05) is 24.7 Å². The summed E-state index contributed by atoms with van der Waals surface area (Å²) >= 11 is 7.36. The first-order valence-electron chi connectivity index (χ1n) is 9.59. The zero-order chi connectivity index (χ0) is 20.7. The standard InChI is InChI=1S/C20H28ClN3O3S/c1-5-9-22-18(25)14(4)28-20-23-17-12-15(21)7-8-16(17)19(26)24(20)10-6-11-27-13(2)3/h7-8,12-14H,5-6,9-11H2,1-4H3,(H,22,25). The van der Waals surface area contributed by atoms with Crippen molar-refractivity contribution >= 4 is 40.2 Å². The second-order valence-corrected chi connectivity index (χ2v) is 8.58. The molecule has 1 aromatic carbocycles. The van der Waals surface area contributed by atoms with Gasteiger partial charge in [0.05, 0.1) is 22.3 Å². The molecule has 0 radical (unpaired) electrons. The highest BCUT2D eigenvalue weighted by atomic mass is 35.5. The molecule has 1 aromatic heterocycles. The topological polar surface area (TPSA) is 73.2 Å². The van der Waals surface area contributed by atoms with Crippen molar-refractivity contribution in [2.45, 2.75) is 63.6 Å². The van der Waals surface area contributed by atoms with Crippen LogP contribution in [-0.4, -0.2) is 40.0 Å². The van der Waals surface area contributed by atoms with Crippen molar-refractivity contribution in [3.8, 4) is 0 Å². The summed E-state index contributed by atoms with van der Waals surface area (Å²) in [5.41, 5.74) is 0.408. The number of thioether (sulfide) groups is 1. The highest BCUT2D eigenvalue weighted by Crippen LogP contribution is 2.24. The SMILES string of the molecule is CCCNC(=O)C(C)Sc1nc2cc(Cl)ccc2c(=O)n1CCCOC(C)C. The molecule has 1 N–H and O–H groups in total. The summed E-state index contributed by atoms with van der Waals surface area (Å²) in [4.78, 5) is 29.9. The van der Waals surface area contributed by atoms with E-state index in [1.54, 1.807) is 22.8 Å². The fraction of sp³-hybridized carbons (Fsp3) is 0.550. The fourth-order valence-electron chi connectivity index (χ4n) is 2.61. The molecule has 8 heteroatoms. The van der Waals surface area contributed by atoms with Crippen LogP contribution >= 0.6 is 23.4 Å². The maximum Gasteiger partial charge on any atom is 0.262 e. The number of nitrogens with zero attached hydrogens (tertiary/aromatic N) is 2. The van der Waals surface area contributed by atoms with E-state index in [0.29, 0.717) is 47.2 Å². The van der Waals surface area contributed by atoms with E-state index in [1.165, 1.54) is 11.8 Å². The van der Waals surface area contributed by atoms with E-state index >= 15 is 0 Å². The first kappa shape index (κ1) is 22.7. The van der Waals surface area contributed by atoms with Crippen LogP contribution in [0.4, 0.5) is 0 Å². The number of hydrogen-bond acceptors (Lipinski definition) is 5. The third-order valence-corrected chi connectivity index (χ3v) is 5.39. The fourth-order valence-corrected chi connectivity index (χ4v) is 3.73. The van der Waals surface area contributed by atoms with Gasteiger partial charge in [-0.3, -0.25) is 14.2 Å². The second kappa shape index (κ2) is 10.8. The number of carbonyl (C=O) groups is 1. The Bertz CT molecular complexity index is 870. The maximum absolute atomic E-state index is 13.0. The van der Waals surface area contributed by atoms with Gasteiger partial charge in [0.25, 0.3) is 5.56 Å². The minimum atomic E-state index is -0.367. The Kier molecular flexibility index (Phi) is 8.79. The van der Waals surface area contributed by atoms with Gasteiger partial charge in [-0.25, -0.2) is 4.98 Å². The number of aromatic nitrogens is 2. The molecule has 0 aliphatic carbocycles. The van der Waals surface area contributed by atoms with Crippen LogP contribution in [0, 0.1) is 0 Å². The van der Waals surface area contributed by atoms with Gasteiger partial charge in [0.1, 0.15) is 0 Å². The van der Waals surface area contributed by atoms with Crippen LogP contribution in [0.1, 0.15) is 40.5 Å². The average molecular weight is 426 g/mol. The lowest BCUT2D eigenvalue weighted by atomic mass is 10.2. The van der Waals surface area contributed by atoms with Crippen molar-refractivity contribution < 1.29 is 9.53 Å². The molecule has 2 rings (SSSR count). The van der Waals surface area contributed by atoms with E-state index < -0.39 is 0 Å². The van der Waals surface area contributed by atoms with E-state index in [1.807, 2.05) is 27.7 Å². The number of rotatable bonds is 10. The van der Waals surface area contributed by atoms with Crippen molar-refractivity contribution in [1.82, 2.24) is 14.9 Å². The first-order chi connectivity index (χ1) is 13.3. The lowest BCUT2D eigenvalue weighted by Crippen LogP contribution is -2.32. The summed E-state index contributed by atoms with van der Waals surface area (Å²) in [6.45, 7) is 9.43. The number of benzene rings is 1. The molecular weight excluding hydrogens is 398 g/mol. The van der Waals surface area contributed by atoms with E-state index in [2.05, 4.69) is 10.3 Å². The highest BCUT2D eigenvalue weighted by Gasteiger charge is 2.19. The van der Waals surface area contributed by atoms with Crippen LogP contribution in [0.5, 0.6) is 0 Å². The molecule has 154 valence electrons. The lowest BCUT2D eigenvalue weighted by Gasteiger charge is -2.16. The number of carbonyl (C=O) groups excluding carboxylic acids is 1. The molecule has 1 amide bonds. The Morgan fingerprint density at radius 2 is 2.11 bits per heavy atom. The Morgan fingerprint density at radius 1 is 1.36 bits per heavy atom. The van der Waals surface area contributed by atoms with Gasteiger partial charge in [-0.2, -0.15) is 0 Å². The number of ether oxygens (including phenoxy) is 1. The van der Waals surface area contributed by atoms with Crippen molar-refractivity contribution in [2.75, 3.05) is 13.2 Å². The van der Waals surface area contributed by atoms with Crippen molar-refractivity contribution in [1.29, 1.82) is 0 Å². The molecule has 0 saturated carbocycles. The van der Waals surface area contributed by atoms with Gasteiger partial charge >= 0.3 is 0 Å². The normalized spacial score (nSPS) is 12.5. The van der Waals surface area contributed by atoms with E-state index in [9.17, 15) is 9.59 Å². The minimum Gasteiger partial charge on any atom is -0.379 e. The van der Waals surface area contributed by atoms with Crippen LogP contribution in [0.2, 0.25) is 5.02 Å². The van der Waals surface area contributed by atoms with Crippen molar-refractivity contribution in [3.63, 3.8) is 0 Å². The first-order valence-corrected chi connectivity index (χ1v) is 10.8. The molecule has 2 aromatic rings. The van der Waals surface area contributed by atoms with Gasteiger partial charge in [0.15, 0.2) is 5.16 Å². The Balaban J connectivity index is 2.32. The second-order valence-electron chi connectivity index (χ2n) is 6.84. The molecular formula is C20H28ClN3O3S. The van der Waals surface area contributed by atoms with Crippen LogP contribution in [0.15, 0.2) is 28.2 Å². The lowest BCUT2D eigenvalue weighted by molar-refractivity contribution is -0.120. The Morgan fingerprint density at radius 3 is 2.79 bits per heavy atom. The third kappa shape index (κ3) is 6.22. The number of fused-ring (bicyclic) bond motifs is 1. The third-order valence-electron chi connectivity index (χ3n) is 4.06. The quantitative estimate of drug-likeness (QED) is 0.355. The van der Waals surface area contributed by atoms with E-state index in [0.717, 1.165) is 6.42 Å². The van der Waals surface area contributed by atoms with Gasteiger partial charge < -0.3 is 10.1 Å². The zero-order valence-electron chi connectivity index (χ0n) is 16.8. The summed E-state index contributed by atoms with van der Waals surface area (Å²) in [6, 6.07) is 5.06. The van der Waals surface area contributed by atoms with E-state index in [4.69, 9.17) is 16.3 Å². The summed E-state index contributed by atoms with van der Waals surface area (Å²) in [5.74, 6) is -0.0676. The molecule has 0 bridgehead atoms. The number of nitrogens with one attached hydrogen (secondary N) is 1. The van der Waals surface area contributed by atoms with Crippen LogP contribution in [0.25, 0.3) is 10.9 Å². The summed E-state index contributed by atoms with van der Waals surface area (Å²) in [6.07, 6.45) is 1.70. The number of amides is 1. The molecule has 0 aliphatic heterocycles. The molecule has 1 atom stereocenters. The highest BCUT2D eigenvalue weighted by molar-refractivity contribution is 8.00. The molecule has 1 heterocycles. The van der Waals surface area contributed by atoms with Gasteiger partial charge in [-0.15, -0.1) is 0 Å². The summed E-state index contributed by atoms with van der Waals surface area (Å²) < 4.78 is 7.22. The van der Waals surface area contributed by atoms with Crippen LogP contribution in [0.3, 0.4) is 0 Å². The average Bonchev–Trinajstić information content (AvgIpc) is 2.64. The monoisotopic (exact) mass is 425 g/mol. The molecule has 6 nitrogen and oxygen atoms in total. The molecule has 1 unspecified atom stereocenters. The van der Waals surface area contributed by atoms with Gasteiger partial charge in [-0.05, 0) is 51.8 Å².